The number of aryl methyl sites for hydroxylation is 1. The van der Waals surface area contributed by atoms with Crippen LogP contribution in [0.5, 0.6) is 0 Å². The first-order chi connectivity index (χ1) is 9.04. The first-order valence-corrected chi connectivity index (χ1v) is 8.10. The molecule has 0 amide bonds. The number of rotatable bonds is 4. The van der Waals surface area contributed by atoms with E-state index in [1.54, 1.807) is 24.3 Å². The van der Waals surface area contributed by atoms with Crippen molar-refractivity contribution in [2.24, 2.45) is 17.8 Å². The zero-order valence-corrected chi connectivity index (χ0v) is 11.8. The normalized spacial score (nSPS) is 29.0. The minimum atomic E-state index is -3.61. The van der Waals surface area contributed by atoms with E-state index >= 15 is 0 Å². The molecule has 0 radical (unpaired) electrons. The summed E-state index contributed by atoms with van der Waals surface area (Å²) < 4.78 is 29.4. The van der Waals surface area contributed by atoms with Crippen LogP contribution < -0.4 is 0 Å². The Hall–Kier alpha value is -1.13. The maximum absolute atomic E-state index is 12.1. The van der Waals surface area contributed by atoms with E-state index in [1.165, 1.54) is 6.42 Å². The summed E-state index contributed by atoms with van der Waals surface area (Å²) in [7, 11) is -3.61. The van der Waals surface area contributed by atoms with Gasteiger partial charge in [-0.25, -0.2) is 0 Å². The molecule has 1 fully saturated rings. The van der Waals surface area contributed by atoms with Gasteiger partial charge in [-0.2, -0.15) is 8.42 Å². The Morgan fingerprint density at radius 1 is 1.16 bits per heavy atom. The van der Waals surface area contributed by atoms with E-state index in [1.807, 2.05) is 6.92 Å². The molecule has 1 aromatic carbocycles. The minimum absolute atomic E-state index is 0.247. The van der Waals surface area contributed by atoms with Gasteiger partial charge in [-0.15, -0.1) is 0 Å². The van der Waals surface area contributed by atoms with Crippen LogP contribution in [0, 0.1) is 24.7 Å². The Morgan fingerprint density at radius 3 is 2.47 bits per heavy atom. The summed E-state index contributed by atoms with van der Waals surface area (Å²) in [6.45, 7) is 2.24. The maximum atomic E-state index is 12.1. The van der Waals surface area contributed by atoms with E-state index in [-0.39, 0.29) is 4.90 Å². The Labute approximate surface area is 114 Å². The molecule has 2 aliphatic carbocycles. The van der Waals surface area contributed by atoms with E-state index in [4.69, 9.17) is 4.18 Å². The van der Waals surface area contributed by atoms with Gasteiger partial charge in [-0.05, 0) is 49.7 Å². The predicted molar refractivity (Wildman–Crippen MR) is 73.2 cm³/mol. The molecule has 0 aliphatic heterocycles. The zero-order valence-electron chi connectivity index (χ0n) is 11.0. The summed E-state index contributed by atoms with van der Waals surface area (Å²) in [5.41, 5.74) is 1.04. The molecule has 0 aromatic heterocycles. The second-order valence-electron chi connectivity index (χ2n) is 5.59. The van der Waals surface area contributed by atoms with Gasteiger partial charge in [0.25, 0.3) is 10.1 Å². The lowest BCUT2D eigenvalue weighted by Crippen LogP contribution is -2.18. The molecule has 0 heterocycles. The number of benzene rings is 1. The molecule has 1 saturated carbocycles. The third kappa shape index (κ3) is 2.60. The molecule has 3 unspecified atom stereocenters. The van der Waals surface area contributed by atoms with Gasteiger partial charge < -0.3 is 0 Å². The molecule has 3 nitrogen and oxygen atoms in total. The fourth-order valence-electron chi connectivity index (χ4n) is 3.04. The van der Waals surface area contributed by atoms with Crippen LogP contribution in [0.15, 0.2) is 41.3 Å². The molecule has 3 atom stereocenters. The van der Waals surface area contributed by atoms with Gasteiger partial charge in [0.15, 0.2) is 0 Å². The molecule has 1 aromatic rings. The van der Waals surface area contributed by atoms with E-state index < -0.39 is 10.1 Å². The fraction of sp³-hybridized carbons (Fsp3) is 0.467. The van der Waals surface area contributed by atoms with E-state index in [0.29, 0.717) is 24.4 Å². The van der Waals surface area contributed by atoms with Gasteiger partial charge in [0.05, 0.1) is 11.5 Å². The van der Waals surface area contributed by atoms with E-state index in [0.717, 1.165) is 12.0 Å². The highest BCUT2D eigenvalue weighted by atomic mass is 32.2. The standard InChI is InChI=1S/C15H18O3S/c1-11-2-6-15(7-3-11)19(16,17)18-10-14-9-12-4-5-13(14)8-12/h2-7,12-14H,8-10H2,1H3. The van der Waals surface area contributed by atoms with Crippen molar-refractivity contribution in [3.05, 3.63) is 42.0 Å². The summed E-state index contributed by atoms with van der Waals surface area (Å²) in [5, 5.41) is 0. The summed E-state index contributed by atoms with van der Waals surface area (Å²) >= 11 is 0. The van der Waals surface area contributed by atoms with Crippen LogP contribution >= 0.6 is 0 Å². The van der Waals surface area contributed by atoms with Crippen LogP contribution in [0.25, 0.3) is 0 Å². The van der Waals surface area contributed by atoms with Crippen LogP contribution in [0.2, 0.25) is 0 Å². The molecule has 3 rings (SSSR count). The van der Waals surface area contributed by atoms with Gasteiger partial charge in [-0.3, -0.25) is 4.18 Å². The second-order valence-corrected chi connectivity index (χ2v) is 7.21. The first kappa shape index (κ1) is 12.9. The van der Waals surface area contributed by atoms with Crippen molar-refractivity contribution in [1.82, 2.24) is 0 Å². The molecule has 2 aliphatic rings. The highest BCUT2D eigenvalue weighted by molar-refractivity contribution is 7.86. The number of allylic oxidation sites excluding steroid dienone is 2. The molecular weight excluding hydrogens is 260 g/mol. The van der Waals surface area contributed by atoms with Crippen molar-refractivity contribution < 1.29 is 12.6 Å². The highest BCUT2D eigenvalue weighted by Crippen LogP contribution is 2.43. The Balaban J connectivity index is 1.66. The third-order valence-electron chi connectivity index (χ3n) is 4.16. The van der Waals surface area contributed by atoms with Crippen molar-refractivity contribution in [1.29, 1.82) is 0 Å². The van der Waals surface area contributed by atoms with Crippen molar-refractivity contribution in [3.8, 4) is 0 Å². The van der Waals surface area contributed by atoms with Gasteiger partial charge in [-0.1, -0.05) is 29.8 Å². The zero-order chi connectivity index (χ0) is 13.5. The molecule has 0 saturated heterocycles. The smallest absolute Gasteiger partial charge is 0.266 e. The minimum Gasteiger partial charge on any atom is -0.266 e. The van der Waals surface area contributed by atoms with Gasteiger partial charge >= 0.3 is 0 Å². The van der Waals surface area contributed by atoms with Crippen molar-refractivity contribution in [2.75, 3.05) is 6.61 Å². The second kappa shape index (κ2) is 4.76. The quantitative estimate of drug-likeness (QED) is 0.628. The van der Waals surface area contributed by atoms with Crippen LogP contribution in [-0.4, -0.2) is 15.0 Å². The van der Waals surface area contributed by atoms with Gasteiger partial charge in [0, 0.05) is 0 Å². The summed E-state index contributed by atoms with van der Waals surface area (Å²) in [5.74, 6) is 1.51. The van der Waals surface area contributed by atoms with Crippen LogP contribution in [0.3, 0.4) is 0 Å². The lowest BCUT2D eigenvalue weighted by Gasteiger charge is -2.17. The lowest BCUT2D eigenvalue weighted by molar-refractivity contribution is 0.233. The fourth-order valence-corrected chi connectivity index (χ4v) is 4.00. The van der Waals surface area contributed by atoms with Crippen LogP contribution in [0.4, 0.5) is 0 Å². The summed E-state index contributed by atoms with van der Waals surface area (Å²) in [6.07, 6.45) is 6.68. The molecule has 0 spiro atoms. The molecule has 0 N–H and O–H groups in total. The molecular formula is C15H18O3S. The Kier molecular flexibility index (Phi) is 3.23. The van der Waals surface area contributed by atoms with Crippen molar-refractivity contribution in [3.63, 3.8) is 0 Å². The molecule has 2 bridgehead atoms. The third-order valence-corrected chi connectivity index (χ3v) is 5.46. The molecule has 4 heteroatoms. The predicted octanol–water partition coefficient (Wildman–Crippen LogP) is 2.91. The monoisotopic (exact) mass is 278 g/mol. The van der Waals surface area contributed by atoms with E-state index in [9.17, 15) is 8.42 Å². The summed E-state index contributed by atoms with van der Waals surface area (Å²) in [6, 6.07) is 6.78. The average Bonchev–Trinajstić information content (AvgIpc) is 2.99. The van der Waals surface area contributed by atoms with Gasteiger partial charge in [0.2, 0.25) is 0 Å². The van der Waals surface area contributed by atoms with Crippen molar-refractivity contribution >= 4 is 10.1 Å². The Bertz CT molecular complexity index is 586. The number of hydrogen-bond acceptors (Lipinski definition) is 3. The highest BCUT2D eigenvalue weighted by Gasteiger charge is 2.36. The summed E-state index contributed by atoms with van der Waals surface area (Å²) in [4.78, 5) is 0.247. The molecule has 19 heavy (non-hydrogen) atoms. The first-order valence-electron chi connectivity index (χ1n) is 6.69. The molecule has 102 valence electrons. The lowest BCUT2D eigenvalue weighted by atomic mass is 9.95. The SMILES string of the molecule is Cc1ccc(S(=O)(=O)OCC2CC3C=CC2C3)cc1. The largest absolute Gasteiger partial charge is 0.296 e. The van der Waals surface area contributed by atoms with Gasteiger partial charge in [0.1, 0.15) is 0 Å². The van der Waals surface area contributed by atoms with Crippen LogP contribution in [0.1, 0.15) is 18.4 Å². The average molecular weight is 278 g/mol. The number of fused-ring (bicyclic) bond motifs is 2. The Morgan fingerprint density at radius 2 is 1.89 bits per heavy atom. The van der Waals surface area contributed by atoms with E-state index in [2.05, 4.69) is 12.2 Å². The number of hydrogen-bond donors (Lipinski definition) is 0. The van der Waals surface area contributed by atoms with Crippen LogP contribution in [-0.2, 0) is 14.3 Å². The van der Waals surface area contributed by atoms with Crippen molar-refractivity contribution in [2.45, 2.75) is 24.7 Å². The maximum Gasteiger partial charge on any atom is 0.296 e. The topological polar surface area (TPSA) is 43.4 Å².